The van der Waals surface area contributed by atoms with Gasteiger partial charge in [0.1, 0.15) is 12.4 Å². The van der Waals surface area contributed by atoms with Gasteiger partial charge in [-0.3, -0.25) is 4.79 Å². The Hall–Kier alpha value is -0.490. The monoisotopic (exact) mass is 356 g/mol. The van der Waals surface area contributed by atoms with Crippen LogP contribution in [-0.2, 0) is 0 Å². The summed E-state index contributed by atoms with van der Waals surface area (Å²) in [5, 5.41) is 0.183. The zero-order valence-corrected chi connectivity index (χ0v) is 11.2. The fourth-order valence-electron chi connectivity index (χ4n) is 1.02. The first-order valence-corrected chi connectivity index (χ1v) is 6.25. The minimum atomic E-state index is -2.54. The van der Waals surface area contributed by atoms with Gasteiger partial charge in [-0.25, -0.2) is 8.78 Å². The quantitative estimate of drug-likeness (QED) is 0.593. The van der Waals surface area contributed by atoms with Crippen molar-refractivity contribution in [2.24, 2.45) is 0 Å². The van der Waals surface area contributed by atoms with Crippen molar-refractivity contribution in [2.45, 2.75) is 6.43 Å². The average molecular weight is 358 g/mol. The van der Waals surface area contributed by atoms with E-state index in [0.29, 0.717) is 10.0 Å². The average Bonchev–Trinajstić information content (AvgIpc) is 2.26. The van der Waals surface area contributed by atoms with E-state index in [0.717, 1.165) is 0 Å². The Morgan fingerprint density at radius 3 is 2.69 bits per heavy atom. The van der Waals surface area contributed by atoms with E-state index in [-0.39, 0.29) is 16.9 Å². The van der Waals surface area contributed by atoms with Gasteiger partial charge >= 0.3 is 0 Å². The number of benzene rings is 1. The number of hydrogen-bond acceptors (Lipinski definition) is 2. The molecule has 0 bridgehead atoms. The van der Waals surface area contributed by atoms with Crippen LogP contribution in [0.3, 0.4) is 0 Å². The van der Waals surface area contributed by atoms with Crippen LogP contribution in [0.2, 0.25) is 0 Å². The molecule has 88 valence electrons. The maximum Gasteiger partial charge on any atom is 0.272 e. The van der Waals surface area contributed by atoms with Gasteiger partial charge in [0.25, 0.3) is 6.43 Å². The number of ketones is 1. The molecule has 0 saturated carbocycles. The molecule has 6 heteroatoms. The Labute approximate surface area is 108 Å². The molecule has 0 fully saturated rings. The summed E-state index contributed by atoms with van der Waals surface area (Å²) in [5.41, 5.74) is 0.421. The number of ether oxygens (including phenoxy) is 1. The molecule has 0 heterocycles. The van der Waals surface area contributed by atoms with Crippen molar-refractivity contribution >= 4 is 37.6 Å². The Balaban J connectivity index is 2.86. The largest absolute Gasteiger partial charge is 0.486 e. The third-order valence-electron chi connectivity index (χ3n) is 1.74. The molecule has 1 aromatic rings. The van der Waals surface area contributed by atoms with Crippen LogP contribution < -0.4 is 4.74 Å². The molecule has 0 amide bonds. The molecule has 0 N–H and O–H groups in total. The van der Waals surface area contributed by atoms with Gasteiger partial charge < -0.3 is 4.74 Å². The first kappa shape index (κ1) is 13.6. The maximum atomic E-state index is 12.0. The topological polar surface area (TPSA) is 26.3 Å². The lowest BCUT2D eigenvalue weighted by atomic mass is 10.1. The van der Waals surface area contributed by atoms with Gasteiger partial charge in [-0.15, -0.1) is 0 Å². The highest BCUT2D eigenvalue weighted by Gasteiger charge is 2.10. The summed E-state index contributed by atoms with van der Waals surface area (Å²) in [4.78, 5) is 11.3. The van der Waals surface area contributed by atoms with E-state index in [1.165, 1.54) is 6.07 Å². The highest BCUT2D eigenvalue weighted by atomic mass is 79.9. The van der Waals surface area contributed by atoms with Crippen molar-refractivity contribution in [3.63, 3.8) is 0 Å². The zero-order chi connectivity index (χ0) is 12.1. The van der Waals surface area contributed by atoms with Crippen molar-refractivity contribution < 1.29 is 18.3 Å². The van der Waals surface area contributed by atoms with Gasteiger partial charge in [-0.05, 0) is 34.1 Å². The number of rotatable bonds is 5. The molecular formula is C10H8Br2F2O2. The number of Topliss-reactive ketones (excluding diaryl/α,β-unsaturated/α-hetero) is 1. The van der Waals surface area contributed by atoms with E-state index in [2.05, 4.69) is 31.9 Å². The predicted molar refractivity (Wildman–Crippen MR) is 63.8 cm³/mol. The second kappa shape index (κ2) is 6.30. The van der Waals surface area contributed by atoms with E-state index in [1.807, 2.05) is 0 Å². The minimum Gasteiger partial charge on any atom is -0.486 e. The third-order valence-corrected chi connectivity index (χ3v) is 2.90. The maximum absolute atomic E-state index is 12.0. The summed E-state index contributed by atoms with van der Waals surface area (Å²) < 4.78 is 29.3. The Kier molecular flexibility index (Phi) is 5.34. The van der Waals surface area contributed by atoms with Crippen molar-refractivity contribution in [3.8, 4) is 5.75 Å². The lowest BCUT2D eigenvalue weighted by Crippen LogP contribution is -2.08. The molecule has 0 unspecified atom stereocenters. The first-order chi connectivity index (χ1) is 7.54. The van der Waals surface area contributed by atoms with Crippen LogP contribution in [0.15, 0.2) is 22.7 Å². The highest BCUT2D eigenvalue weighted by Crippen LogP contribution is 2.26. The summed E-state index contributed by atoms with van der Waals surface area (Å²) in [6.07, 6.45) is -2.54. The molecule has 16 heavy (non-hydrogen) atoms. The van der Waals surface area contributed by atoms with E-state index >= 15 is 0 Å². The molecule has 0 aromatic heterocycles. The van der Waals surface area contributed by atoms with E-state index in [9.17, 15) is 13.6 Å². The van der Waals surface area contributed by atoms with Crippen LogP contribution in [-0.4, -0.2) is 24.1 Å². The second-order valence-corrected chi connectivity index (χ2v) is 4.32. The summed E-state index contributed by atoms with van der Waals surface area (Å²) in [6, 6.07) is 4.63. The standard InChI is InChI=1S/C10H8Br2F2O2/c11-4-8(15)6-1-2-7(12)9(3-6)16-5-10(13)14/h1-3,10H,4-5H2. The SMILES string of the molecule is O=C(CBr)c1ccc(Br)c(OCC(F)F)c1. The molecule has 1 rings (SSSR count). The molecule has 0 atom stereocenters. The number of hydrogen-bond donors (Lipinski definition) is 0. The normalized spacial score (nSPS) is 10.6. The van der Waals surface area contributed by atoms with Crippen LogP contribution in [0, 0.1) is 0 Å². The lowest BCUT2D eigenvalue weighted by molar-refractivity contribution is 0.0814. The van der Waals surface area contributed by atoms with Gasteiger partial charge in [-0.2, -0.15) is 0 Å². The summed E-state index contributed by atoms with van der Waals surface area (Å²) in [5.74, 6) is 0.112. The molecule has 0 aliphatic carbocycles. The molecular weight excluding hydrogens is 350 g/mol. The van der Waals surface area contributed by atoms with Crippen LogP contribution in [0.5, 0.6) is 5.75 Å². The Morgan fingerprint density at radius 2 is 2.12 bits per heavy atom. The summed E-state index contributed by atoms with van der Waals surface area (Å²) in [7, 11) is 0. The van der Waals surface area contributed by atoms with Crippen LogP contribution >= 0.6 is 31.9 Å². The Morgan fingerprint density at radius 1 is 1.44 bits per heavy atom. The minimum absolute atomic E-state index is 0.130. The second-order valence-electron chi connectivity index (χ2n) is 2.90. The fourth-order valence-corrected chi connectivity index (χ4v) is 1.70. The molecule has 0 radical (unpaired) electrons. The first-order valence-electron chi connectivity index (χ1n) is 4.34. The number of alkyl halides is 3. The van der Waals surface area contributed by atoms with Crippen LogP contribution in [0.4, 0.5) is 8.78 Å². The van der Waals surface area contributed by atoms with E-state index in [1.54, 1.807) is 12.1 Å². The van der Waals surface area contributed by atoms with Crippen LogP contribution in [0.1, 0.15) is 10.4 Å². The molecule has 1 aromatic carbocycles. The predicted octanol–water partition coefficient (Wildman–Crippen LogP) is 3.67. The number of halogens is 4. The van der Waals surface area contributed by atoms with Gasteiger partial charge in [0.15, 0.2) is 5.78 Å². The third kappa shape index (κ3) is 3.83. The van der Waals surface area contributed by atoms with Gasteiger partial charge in [0.2, 0.25) is 0 Å². The van der Waals surface area contributed by atoms with Gasteiger partial charge in [0.05, 0.1) is 9.80 Å². The van der Waals surface area contributed by atoms with Crippen LogP contribution in [0.25, 0.3) is 0 Å². The van der Waals surface area contributed by atoms with Crippen molar-refractivity contribution in [2.75, 3.05) is 11.9 Å². The molecule has 0 saturated heterocycles. The van der Waals surface area contributed by atoms with Crippen molar-refractivity contribution in [1.82, 2.24) is 0 Å². The van der Waals surface area contributed by atoms with E-state index < -0.39 is 13.0 Å². The van der Waals surface area contributed by atoms with Crippen molar-refractivity contribution in [3.05, 3.63) is 28.2 Å². The smallest absolute Gasteiger partial charge is 0.272 e. The van der Waals surface area contributed by atoms with Gasteiger partial charge in [0, 0.05) is 5.56 Å². The van der Waals surface area contributed by atoms with E-state index in [4.69, 9.17) is 4.74 Å². The molecule has 0 spiro atoms. The van der Waals surface area contributed by atoms with Gasteiger partial charge in [-0.1, -0.05) is 15.9 Å². The number of carbonyl (C=O) groups excluding carboxylic acids is 1. The molecule has 2 nitrogen and oxygen atoms in total. The molecule has 0 aliphatic rings. The highest BCUT2D eigenvalue weighted by molar-refractivity contribution is 9.10. The zero-order valence-electron chi connectivity index (χ0n) is 8.05. The Bertz CT molecular complexity index is 383. The summed E-state index contributed by atoms with van der Waals surface area (Å²) >= 11 is 6.19. The molecule has 0 aliphatic heterocycles. The lowest BCUT2D eigenvalue weighted by Gasteiger charge is -2.08. The van der Waals surface area contributed by atoms with Crippen molar-refractivity contribution in [1.29, 1.82) is 0 Å². The fraction of sp³-hybridized carbons (Fsp3) is 0.300. The summed E-state index contributed by atoms with van der Waals surface area (Å²) in [6.45, 7) is -0.690. The number of carbonyl (C=O) groups is 1.